The Labute approximate surface area is 158 Å². The topological polar surface area (TPSA) is 27.7 Å². The van der Waals surface area contributed by atoms with Crippen LogP contribution in [0.15, 0.2) is 42.5 Å². The smallest absolute Gasteiger partial charge is 0.122 e. The average molecular weight is 357 g/mol. The molecule has 0 spiro atoms. The highest BCUT2D eigenvalue weighted by Crippen LogP contribution is 2.32. The summed E-state index contributed by atoms with van der Waals surface area (Å²) < 4.78 is 16.9. The summed E-state index contributed by atoms with van der Waals surface area (Å²) >= 11 is 0. The van der Waals surface area contributed by atoms with Crippen LogP contribution in [0, 0.1) is 0 Å². The van der Waals surface area contributed by atoms with Gasteiger partial charge < -0.3 is 14.2 Å². The maximum atomic E-state index is 5.99. The zero-order chi connectivity index (χ0) is 19.4. The molecule has 0 radical (unpaired) electrons. The lowest BCUT2D eigenvalue weighted by molar-refractivity contribution is 0.216. The number of methoxy groups -OCH3 is 1. The quantitative estimate of drug-likeness (QED) is 0.617. The van der Waals surface area contributed by atoms with E-state index in [1.165, 1.54) is 11.1 Å². The lowest BCUT2D eigenvalue weighted by atomic mass is 9.80. The van der Waals surface area contributed by atoms with E-state index in [1.807, 2.05) is 24.3 Å². The van der Waals surface area contributed by atoms with Gasteiger partial charge in [-0.1, -0.05) is 47.6 Å². The molecule has 0 amide bonds. The second-order valence-electron chi connectivity index (χ2n) is 8.62. The molecule has 0 unspecified atom stereocenters. The van der Waals surface area contributed by atoms with Crippen molar-refractivity contribution in [3.05, 3.63) is 53.6 Å². The molecule has 0 aromatic heterocycles. The summed E-state index contributed by atoms with van der Waals surface area (Å²) in [5.74, 6) is 2.54. The van der Waals surface area contributed by atoms with Gasteiger partial charge in [0.25, 0.3) is 0 Å². The van der Waals surface area contributed by atoms with Crippen molar-refractivity contribution in [2.75, 3.05) is 20.3 Å². The van der Waals surface area contributed by atoms with Crippen molar-refractivity contribution in [1.29, 1.82) is 0 Å². The number of ether oxygens (including phenoxy) is 3. The highest BCUT2D eigenvalue weighted by atomic mass is 16.5. The summed E-state index contributed by atoms with van der Waals surface area (Å²) in [6, 6.07) is 14.1. The van der Waals surface area contributed by atoms with Crippen LogP contribution in [-0.4, -0.2) is 20.3 Å². The molecule has 0 heterocycles. The normalized spacial score (nSPS) is 12.0. The Morgan fingerprint density at radius 3 is 1.46 bits per heavy atom. The summed E-state index contributed by atoms with van der Waals surface area (Å²) in [6.45, 7) is 14.4. The zero-order valence-corrected chi connectivity index (χ0v) is 17.2. The Kier molecular flexibility index (Phi) is 6.22. The first-order chi connectivity index (χ1) is 12.1. The fraction of sp³-hybridized carbons (Fsp3) is 0.478. The van der Waals surface area contributed by atoms with Gasteiger partial charge >= 0.3 is 0 Å². The molecule has 26 heavy (non-hydrogen) atoms. The van der Waals surface area contributed by atoms with Crippen LogP contribution in [0.5, 0.6) is 17.2 Å². The lowest BCUT2D eigenvalue weighted by Crippen LogP contribution is -2.17. The van der Waals surface area contributed by atoms with Crippen LogP contribution in [0.4, 0.5) is 0 Å². The first-order valence-electron chi connectivity index (χ1n) is 9.15. The molecule has 2 rings (SSSR count). The number of benzene rings is 2. The van der Waals surface area contributed by atoms with Gasteiger partial charge in [0.1, 0.15) is 30.5 Å². The fourth-order valence-electron chi connectivity index (χ4n) is 2.54. The maximum Gasteiger partial charge on any atom is 0.122 e. The minimum absolute atomic E-state index is 0.0823. The molecule has 142 valence electrons. The summed E-state index contributed by atoms with van der Waals surface area (Å²) in [4.78, 5) is 0. The number of hydrogen-bond donors (Lipinski definition) is 0. The van der Waals surface area contributed by atoms with Crippen LogP contribution in [0.2, 0.25) is 0 Å². The van der Waals surface area contributed by atoms with Crippen LogP contribution in [0.25, 0.3) is 0 Å². The van der Waals surface area contributed by atoms with E-state index < -0.39 is 0 Å². The summed E-state index contributed by atoms with van der Waals surface area (Å²) in [7, 11) is 1.65. The first-order valence-corrected chi connectivity index (χ1v) is 9.15. The molecule has 0 atom stereocenters. The minimum atomic E-state index is 0.0823. The van der Waals surface area contributed by atoms with Gasteiger partial charge in [0.15, 0.2) is 0 Å². The predicted octanol–water partition coefficient (Wildman–Crippen LogP) is 5.75. The van der Waals surface area contributed by atoms with Crippen molar-refractivity contribution >= 4 is 0 Å². The fourth-order valence-corrected chi connectivity index (χ4v) is 2.54. The average Bonchev–Trinajstić information content (AvgIpc) is 2.57. The highest BCUT2D eigenvalue weighted by molar-refractivity contribution is 5.40. The summed E-state index contributed by atoms with van der Waals surface area (Å²) in [5, 5.41) is 0. The van der Waals surface area contributed by atoms with Gasteiger partial charge in [0.05, 0.1) is 7.11 Å². The molecule has 3 heteroatoms. The van der Waals surface area contributed by atoms with Crippen LogP contribution in [0.3, 0.4) is 0 Å². The summed E-state index contributed by atoms with van der Waals surface area (Å²) in [5.41, 5.74) is 2.74. The molecule has 0 saturated heterocycles. The minimum Gasteiger partial charge on any atom is -0.497 e. The largest absolute Gasteiger partial charge is 0.497 e. The van der Waals surface area contributed by atoms with Crippen molar-refractivity contribution in [3.8, 4) is 17.2 Å². The molecule has 0 aliphatic rings. The molecular formula is C23H32O3. The van der Waals surface area contributed by atoms with Crippen molar-refractivity contribution < 1.29 is 14.2 Å². The van der Waals surface area contributed by atoms with Gasteiger partial charge in [-0.3, -0.25) is 0 Å². The van der Waals surface area contributed by atoms with Gasteiger partial charge in [-0.15, -0.1) is 0 Å². The van der Waals surface area contributed by atoms with Gasteiger partial charge in [-0.05, 0) is 58.4 Å². The maximum absolute atomic E-state index is 5.99. The third kappa shape index (κ3) is 5.69. The van der Waals surface area contributed by atoms with E-state index in [9.17, 15) is 0 Å². The van der Waals surface area contributed by atoms with Gasteiger partial charge in [-0.25, -0.2) is 0 Å². The second kappa shape index (κ2) is 8.03. The SMILES string of the molecule is COc1ccc(OCCOc2cc(C(C)(C)C)cc(C(C)(C)C)c2)cc1. The Bertz CT molecular complexity index is 671. The van der Waals surface area contributed by atoms with Crippen LogP contribution in [-0.2, 0) is 10.8 Å². The highest BCUT2D eigenvalue weighted by Gasteiger charge is 2.20. The van der Waals surface area contributed by atoms with Crippen molar-refractivity contribution in [1.82, 2.24) is 0 Å². The molecule has 0 fully saturated rings. The second-order valence-corrected chi connectivity index (χ2v) is 8.62. The Morgan fingerprint density at radius 2 is 1.04 bits per heavy atom. The third-order valence-corrected chi connectivity index (χ3v) is 4.32. The van der Waals surface area contributed by atoms with Gasteiger partial charge in [0.2, 0.25) is 0 Å². The monoisotopic (exact) mass is 356 g/mol. The van der Waals surface area contributed by atoms with E-state index in [1.54, 1.807) is 7.11 Å². The lowest BCUT2D eigenvalue weighted by Gasteiger charge is -2.26. The van der Waals surface area contributed by atoms with E-state index >= 15 is 0 Å². The molecule has 2 aromatic carbocycles. The van der Waals surface area contributed by atoms with E-state index in [-0.39, 0.29) is 10.8 Å². The number of rotatable bonds is 6. The Hall–Kier alpha value is -2.16. The van der Waals surface area contributed by atoms with Gasteiger partial charge in [-0.2, -0.15) is 0 Å². The van der Waals surface area contributed by atoms with E-state index in [2.05, 4.69) is 59.7 Å². The van der Waals surface area contributed by atoms with Crippen molar-refractivity contribution in [3.63, 3.8) is 0 Å². The molecule has 0 aliphatic heterocycles. The molecule has 0 saturated carbocycles. The van der Waals surface area contributed by atoms with E-state index in [4.69, 9.17) is 14.2 Å². The molecule has 0 aliphatic carbocycles. The Morgan fingerprint density at radius 1 is 0.615 bits per heavy atom. The molecule has 0 N–H and O–H groups in total. The van der Waals surface area contributed by atoms with Gasteiger partial charge in [0, 0.05) is 0 Å². The molecule has 0 bridgehead atoms. The zero-order valence-electron chi connectivity index (χ0n) is 17.2. The standard InChI is InChI=1S/C23H32O3/c1-22(2,3)17-14-18(23(4,5)6)16-21(15-17)26-13-12-25-20-10-8-19(24-7)9-11-20/h8-11,14-16H,12-13H2,1-7H3. The van der Waals surface area contributed by atoms with E-state index in [0.29, 0.717) is 13.2 Å². The van der Waals surface area contributed by atoms with Crippen LogP contribution >= 0.6 is 0 Å². The van der Waals surface area contributed by atoms with Crippen molar-refractivity contribution in [2.24, 2.45) is 0 Å². The van der Waals surface area contributed by atoms with Crippen molar-refractivity contribution in [2.45, 2.75) is 52.4 Å². The Balaban J connectivity index is 2.01. The number of hydrogen-bond acceptors (Lipinski definition) is 3. The predicted molar refractivity (Wildman–Crippen MR) is 108 cm³/mol. The third-order valence-electron chi connectivity index (χ3n) is 4.32. The molecule has 3 nitrogen and oxygen atoms in total. The van der Waals surface area contributed by atoms with Crippen LogP contribution < -0.4 is 14.2 Å². The summed E-state index contributed by atoms with van der Waals surface area (Å²) in [6.07, 6.45) is 0. The molecule has 2 aromatic rings. The van der Waals surface area contributed by atoms with E-state index in [0.717, 1.165) is 17.2 Å². The molecular weight excluding hydrogens is 324 g/mol. The van der Waals surface area contributed by atoms with Crippen LogP contribution in [0.1, 0.15) is 52.7 Å². The first kappa shape index (κ1) is 20.2.